The first-order valence-corrected chi connectivity index (χ1v) is 6.43. The van der Waals surface area contributed by atoms with E-state index in [1.165, 1.54) is 6.42 Å². The molecule has 2 rings (SSSR count). The van der Waals surface area contributed by atoms with Gasteiger partial charge in [-0.25, -0.2) is 0 Å². The maximum Gasteiger partial charge on any atom is 0.159 e. The number of hydrogen-bond donors (Lipinski definition) is 1. The molecule has 98 valence electrons. The van der Waals surface area contributed by atoms with Gasteiger partial charge in [0.15, 0.2) is 5.78 Å². The van der Waals surface area contributed by atoms with Crippen molar-refractivity contribution >= 4 is 5.78 Å². The van der Waals surface area contributed by atoms with E-state index in [1.807, 2.05) is 6.07 Å². The van der Waals surface area contributed by atoms with Gasteiger partial charge in [0.1, 0.15) is 5.75 Å². The average Bonchev–Trinajstić information content (AvgIpc) is 2.61. The first-order valence-electron chi connectivity index (χ1n) is 6.43. The molecule has 3 nitrogen and oxygen atoms in total. The van der Waals surface area contributed by atoms with Gasteiger partial charge in [0.25, 0.3) is 0 Å². The van der Waals surface area contributed by atoms with E-state index in [4.69, 9.17) is 0 Å². The van der Waals surface area contributed by atoms with Gasteiger partial charge in [0, 0.05) is 24.2 Å². The van der Waals surface area contributed by atoms with E-state index in [0.717, 1.165) is 25.2 Å². The van der Waals surface area contributed by atoms with Gasteiger partial charge in [-0.3, -0.25) is 9.69 Å². The Morgan fingerprint density at radius 2 is 2.17 bits per heavy atom. The molecule has 0 bridgehead atoms. The topological polar surface area (TPSA) is 40.5 Å². The maximum atomic E-state index is 11.4. The summed E-state index contributed by atoms with van der Waals surface area (Å²) in [6, 6.07) is 5.10. The van der Waals surface area contributed by atoms with E-state index in [0.29, 0.717) is 11.0 Å². The van der Waals surface area contributed by atoms with E-state index in [9.17, 15) is 9.90 Å². The Kier molecular flexibility index (Phi) is 3.44. The summed E-state index contributed by atoms with van der Waals surface area (Å²) in [7, 11) is 0. The highest BCUT2D eigenvalue weighted by Crippen LogP contribution is 2.31. The fourth-order valence-electron chi connectivity index (χ4n) is 2.53. The quantitative estimate of drug-likeness (QED) is 0.835. The smallest absolute Gasteiger partial charge is 0.159 e. The van der Waals surface area contributed by atoms with Gasteiger partial charge in [-0.2, -0.15) is 0 Å². The number of hydrogen-bond acceptors (Lipinski definition) is 3. The Morgan fingerprint density at radius 3 is 2.72 bits per heavy atom. The summed E-state index contributed by atoms with van der Waals surface area (Å²) in [5.41, 5.74) is 1.87. The molecule has 1 N–H and O–H groups in total. The minimum absolute atomic E-state index is 0.0398. The molecule has 0 aliphatic carbocycles. The predicted octanol–water partition coefficient (Wildman–Crippen LogP) is 2.83. The molecule has 1 aromatic rings. The first kappa shape index (κ1) is 13.1. The highest BCUT2D eigenvalue weighted by Gasteiger charge is 2.29. The van der Waals surface area contributed by atoms with Crippen molar-refractivity contribution in [3.8, 4) is 5.75 Å². The summed E-state index contributed by atoms with van der Waals surface area (Å²) >= 11 is 0. The number of phenols is 1. The van der Waals surface area contributed by atoms with Gasteiger partial charge < -0.3 is 5.11 Å². The van der Waals surface area contributed by atoms with Crippen LogP contribution in [0.2, 0.25) is 0 Å². The lowest BCUT2D eigenvalue weighted by Crippen LogP contribution is -2.23. The molecule has 1 aliphatic heterocycles. The Morgan fingerprint density at radius 1 is 1.44 bits per heavy atom. The molecule has 0 amide bonds. The van der Waals surface area contributed by atoms with Crippen LogP contribution in [0.1, 0.15) is 43.1 Å². The van der Waals surface area contributed by atoms with Crippen LogP contribution in [0.25, 0.3) is 0 Å². The number of rotatable bonds is 3. The third kappa shape index (κ3) is 2.91. The molecule has 0 radical (unpaired) electrons. The standard InChI is InChI=1S/C15H21NO2/c1-11(17)12-4-5-14(18)13(8-12)9-16-7-6-15(2,3)10-16/h4-5,8,18H,6-7,9-10H2,1-3H3. The second kappa shape index (κ2) is 4.73. The van der Waals surface area contributed by atoms with Crippen LogP contribution in [0, 0.1) is 5.41 Å². The fraction of sp³-hybridized carbons (Fsp3) is 0.533. The van der Waals surface area contributed by atoms with Crippen molar-refractivity contribution in [2.45, 2.75) is 33.7 Å². The van der Waals surface area contributed by atoms with Crippen LogP contribution in [0.4, 0.5) is 0 Å². The molecule has 0 unspecified atom stereocenters. The molecule has 0 spiro atoms. The van der Waals surface area contributed by atoms with Crippen molar-refractivity contribution < 1.29 is 9.90 Å². The number of ketones is 1. The van der Waals surface area contributed by atoms with E-state index in [-0.39, 0.29) is 11.5 Å². The zero-order valence-corrected chi connectivity index (χ0v) is 11.4. The second-order valence-corrected chi connectivity index (χ2v) is 6.02. The van der Waals surface area contributed by atoms with E-state index in [1.54, 1.807) is 19.1 Å². The van der Waals surface area contributed by atoms with Gasteiger partial charge >= 0.3 is 0 Å². The minimum atomic E-state index is 0.0398. The minimum Gasteiger partial charge on any atom is -0.508 e. The van der Waals surface area contributed by atoms with Crippen LogP contribution in [0.5, 0.6) is 5.75 Å². The molecule has 1 heterocycles. The summed E-state index contributed by atoms with van der Waals surface area (Å²) in [6.07, 6.45) is 1.18. The van der Waals surface area contributed by atoms with Crippen LogP contribution in [-0.4, -0.2) is 28.9 Å². The summed E-state index contributed by atoms with van der Waals surface area (Å²) in [6.45, 7) is 8.89. The highest BCUT2D eigenvalue weighted by molar-refractivity contribution is 5.94. The number of Topliss-reactive ketones (excluding diaryl/α,β-unsaturated/α-hetero) is 1. The predicted molar refractivity (Wildman–Crippen MR) is 71.8 cm³/mol. The number of aromatic hydroxyl groups is 1. The van der Waals surface area contributed by atoms with E-state index >= 15 is 0 Å². The van der Waals surface area contributed by atoms with Gasteiger partial charge in [-0.05, 0) is 43.5 Å². The molecule has 0 saturated carbocycles. The maximum absolute atomic E-state index is 11.4. The first-order chi connectivity index (χ1) is 8.37. The van der Waals surface area contributed by atoms with Crippen molar-refractivity contribution in [2.24, 2.45) is 5.41 Å². The van der Waals surface area contributed by atoms with Crippen molar-refractivity contribution in [1.29, 1.82) is 0 Å². The average molecular weight is 247 g/mol. The lowest BCUT2D eigenvalue weighted by Gasteiger charge is -2.20. The number of likely N-dealkylation sites (tertiary alicyclic amines) is 1. The molecule has 1 fully saturated rings. The molecule has 1 saturated heterocycles. The molecule has 3 heteroatoms. The third-order valence-electron chi connectivity index (χ3n) is 3.64. The van der Waals surface area contributed by atoms with Crippen LogP contribution >= 0.6 is 0 Å². The number of nitrogens with zero attached hydrogens (tertiary/aromatic N) is 1. The van der Waals surface area contributed by atoms with Crippen LogP contribution in [0.3, 0.4) is 0 Å². The zero-order chi connectivity index (χ0) is 13.3. The normalized spacial score (nSPS) is 19.1. The van der Waals surface area contributed by atoms with Crippen LogP contribution in [0.15, 0.2) is 18.2 Å². The Labute approximate surface area is 108 Å². The number of carbonyl (C=O) groups is 1. The third-order valence-corrected chi connectivity index (χ3v) is 3.64. The summed E-state index contributed by atoms with van der Waals surface area (Å²) in [5, 5.41) is 9.87. The van der Waals surface area contributed by atoms with Crippen LogP contribution in [-0.2, 0) is 6.54 Å². The van der Waals surface area contributed by atoms with Crippen molar-refractivity contribution in [3.63, 3.8) is 0 Å². The number of carbonyl (C=O) groups excluding carboxylic acids is 1. The Hall–Kier alpha value is -1.35. The van der Waals surface area contributed by atoms with Crippen LogP contribution < -0.4 is 0 Å². The van der Waals surface area contributed by atoms with Gasteiger partial charge in [-0.15, -0.1) is 0 Å². The molecule has 18 heavy (non-hydrogen) atoms. The Bertz CT molecular complexity index is 466. The lowest BCUT2D eigenvalue weighted by atomic mass is 9.93. The van der Waals surface area contributed by atoms with Crippen molar-refractivity contribution in [2.75, 3.05) is 13.1 Å². The molecule has 1 aromatic carbocycles. The van der Waals surface area contributed by atoms with Crippen molar-refractivity contribution in [3.05, 3.63) is 29.3 Å². The second-order valence-electron chi connectivity index (χ2n) is 6.02. The summed E-state index contributed by atoms with van der Waals surface area (Å²) in [4.78, 5) is 13.7. The summed E-state index contributed by atoms with van der Waals surface area (Å²) in [5.74, 6) is 0.322. The Balaban J connectivity index is 2.14. The zero-order valence-electron chi connectivity index (χ0n) is 11.4. The molecule has 1 aliphatic rings. The highest BCUT2D eigenvalue weighted by atomic mass is 16.3. The largest absolute Gasteiger partial charge is 0.508 e. The monoisotopic (exact) mass is 247 g/mol. The van der Waals surface area contributed by atoms with E-state index in [2.05, 4.69) is 18.7 Å². The van der Waals surface area contributed by atoms with E-state index < -0.39 is 0 Å². The number of benzene rings is 1. The number of phenolic OH excluding ortho intramolecular Hbond substituents is 1. The SMILES string of the molecule is CC(=O)c1ccc(O)c(CN2CCC(C)(C)C2)c1. The fourth-order valence-corrected chi connectivity index (χ4v) is 2.53. The lowest BCUT2D eigenvalue weighted by molar-refractivity contribution is 0.101. The van der Waals surface area contributed by atoms with Gasteiger partial charge in [0.05, 0.1) is 0 Å². The van der Waals surface area contributed by atoms with Crippen molar-refractivity contribution in [1.82, 2.24) is 4.90 Å². The van der Waals surface area contributed by atoms with Gasteiger partial charge in [-0.1, -0.05) is 13.8 Å². The molecular formula is C15H21NO2. The van der Waals surface area contributed by atoms with Gasteiger partial charge in [0.2, 0.25) is 0 Å². The molecular weight excluding hydrogens is 226 g/mol. The molecule has 0 aromatic heterocycles. The molecule has 0 atom stereocenters. The summed E-state index contributed by atoms with van der Waals surface area (Å²) < 4.78 is 0.